The largest absolute Gasteiger partial charge is 0.311 e. The average Bonchev–Trinajstić information content (AvgIpc) is 3.46. The first-order valence-corrected chi connectivity index (χ1v) is 22.0. The molecule has 4 aromatic rings. The van der Waals surface area contributed by atoms with Gasteiger partial charge >= 0.3 is 0 Å². The van der Waals surface area contributed by atoms with Crippen LogP contribution in [0.1, 0.15) is 72.2 Å². The average molecular weight is 776 g/mol. The van der Waals surface area contributed by atoms with E-state index in [1.807, 2.05) is 0 Å². The molecule has 3 saturated heterocycles. The number of hydrogen-bond acceptors (Lipinski definition) is 3. The summed E-state index contributed by atoms with van der Waals surface area (Å²) in [6, 6.07) is 29.2. The third kappa shape index (κ3) is 5.86. The molecule has 6 aliphatic rings. The first kappa shape index (κ1) is 38.1. The Kier molecular flexibility index (Phi) is 8.52. The fourth-order valence-corrected chi connectivity index (χ4v) is 12.6. The van der Waals surface area contributed by atoms with Gasteiger partial charge in [0.05, 0.1) is 0 Å². The van der Waals surface area contributed by atoms with Gasteiger partial charge in [0.2, 0.25) is 0 Å². The van der Waals surface area contributed by atoms with E-state index in [0.717, 1.165) is 0 Å². The molecule has 6 atom stereocenters. The van der Waals surface area contributed by atoms with Crippen molar-refractivity contribution in [2.24, 2.45) is 28.6 Å². The molecule has 3 heterocycles. The first-order valence-electron chi connectivity index (χ1n) is 22.0. The highest BCUT2D eigenvalue weighted by molar-refractivity contribution is 5.77. The Morgan fingerprint density at radius 1 is 0.441 bits per heavy atom. The number of benzene rings is 4. The van der Waals surface area contributed by atoms with E-state index < -0.39 is 0 Å². The highest BCUT2D eigenvalue weighted by Crippen LogP contribution is 2.67. The molecule has 0 aromatic heterocycles. The first-order chi connectivity index (χ1) is 28.0. The maximum Gasteiger partial charge on any atom is 0.0466 e. The molecule has 3 fully saturated rings. The Hall–Kier alpha value is -5.12. The molecule has 0 saturated carbocycles. The fraction of sp³-hybridized carbons (Fsp3) is 0.357. The minimum atomic E-state index is -0.0479. The SMILES string of the molecule is Cc1cc(C)cc(N(C2=CC3C4C(=C2)C2=CC(N(c5cc(C)cc(C)c5)c5cc(C)cc(C)c5)=CC5C2N4C2C(=CC=CC2C5(C)C)C3(C)C)c2cc(C)cc(C)c2)c1. The van der Waals surface area contributed by atoms with Crippen molar-refractivity contribution in [3.63, 3.8) is 0 Å². The number of hydrogen-bond donors (Lipinski definition) is 0. The summed E-state index contributed by atoms with van der Waals surface area (Å²) >= 11 is 0. The lowest BCUT2D eigenvalue weighted by Gasteiger charge is -2.64. The Balaban J connectivity index is 1.25. The van der Waals surface area contributed by atoms with Gasteiger partial charge in [-0.25, -0.2) is 0 Å². The topological polar surface area (TPSA) is 9.72 Å². The van der Waals surface area contributed by atoms with Crippen molar-refractivity contribution in [3.8, 4) is 0 Å². The van der Waals surface area contributed by atoms with E-state index in [9.17, 15) is 0 Å². The molecule has 0 amide bonds. The quantitative estimate of drug-likeness (QED) is 0.193. The van der Waals surface area contributed by atoms with Gasteiger partial charge in [-0.1, -0.05) is 82.3 Å². The zero-order chi connectivity index (χ0) is 41.4. The minimum Gasteiger partial charge on any atom is -0.311 e. The van der Waals surface area contributed by atoms with E-state index in [2.05, 4.69) is 213 Å². The van der Waals surface area contributed by atoms with Crippen molar-refractivity contribution in [3.05, 3.63) is 188 Å². The van der Waals surface area contributed by atoms with E-state index >= 15 is 0 Å². The molecule has 300 valence electrons. The smallest absolute Gasteiger partial charge is 0.0466 e. The minimum absolute atomic E-state index is 0.0146. The van der Waals surface area contributed by atoms with Crippen LogP contribution in [-0.4, -0.2) is 23.0 Å². The lowest BCUT2D eigenvalue weighted by atomic mass is 9.52. The van der Waals surface area contributed by atoms with Gasteiger partial charge in [0, 0.05) is 70.0 Å². The van der Waals surface area contributed by atoms with Crippen molar-refractivity contribution >= 4 is 22.7 Å². The van der Waals surface area contributed by atoms with Gasteiger partial charge in [-0.15, -0.1) is 0 Å². The molecule has 6 unspecified atom stereocenters. The molecule has 3 aliphatic heterocycles. The third-order valence-electron chi connectivity index (χ3n) is 14.8. The number of anilines is 4. The van der Waals surface area contributed by atoms with Gasteiger partial charge in [-0.3, -0.25) is 4.90 Å². The van der Waals surface area contributed by atoms with Crippen LogP contribution in [0.4, 0.5) is 22.7 Å². The molecular weight excluding hydrogens is 715 g/mol. The molecule has 4 aromatic carbocycles. The lowest BCUT2D eigenvalue weighted by Crippen LogP contribution is -2.68. The van der Waals surface area contributed by atoms with E-state index in [1.54, 1.807) is 5.57 Å². The van der Waals surface area contributed by atoms with E-state index in [-0.39, 0.29) is 10.8 Å². The predicted molar refractivity (Wildman–Crippen MR) is 249 cm³/mol. The number of nitrogens with zero attached hydrogens (tertiary/aromatic N) is 3. The Morgan fingerprint density at radius 2 is 0.797 bits per heavy atom. The zero-order valence-electron chi connectivity index (χ0n) is 37.3. The summed E-state index contributed by atoms with van der Waals surface area (Å²) < 4.78 is 0. The van der Waals surface area contributed by atoms with Crippen molar-refractivity contribution in [1.29, 1.82) is 0 Å². The molecule has 0 N–H and O–H groups in total. The van der Waals surface area contributed by atoms with Gasteiger partial charge in [0.1, 0.15) is 0 Å². The number of allylic oxidation sites excluding steroid dienone is 4. The molecule has 0 radical (unpaired) electrons. The molecular formula is C56H61N3. The molecule has 10 rings (SSSR count). The second-order valence-corrected chi connectivity index (χ2v) is 20.3. The summed E-state index contributed by atoms with van der Waals surface area (Å²) in [6.45, 7) is 28.1. The number of piperidine rings is 2. The van der Waals surface area contributed by atoms with Crippen molar-refractivity contribution < 1.29 is 0 Å². The molecule has 3 aliphatic carbocycles. The van der Waals surface area contributed by atoms with Gasteiger partial charge in [-0.2, -0.15) is 0 Å². The highest BCUT2D eigenvalue weighted by atomic mass is 15.3. The highest BCUT2D eigenvalue weighted by Gasteiger charge is 2.67. The van der Waals surface area contributed by atoms with Crippen molar-refractivity contribution in [1.82, 2.24) is 4.90 Å². The zero-order valence-corrected chi connectivity index (χ0v) is 37.3. The summed E-state index contributed by atoms with van der Waals surface area (Å²) in [5.74, 6) is 1.01. The lowest BCUT2D eigenvalue weighted by molar-refractivity contribution is -0.0727. The molecule has 0 bridgehead atoms. The van der Waals surface area contributed by atoms with Gasteiger partial charge in [0.15, 0.2) is 0 Å². The molecule has 3 heteroatoms. The standard InChI is InChI=1S/C56H61N3/c1-32-16-33(2)21-40(20-32)57(41-22-34(3)17-35(4)23-41)44-28-46-47-29-45(58(42-24-36(5)18-37(6)25-42)43-26-38(7)19-39(8)27-43)31-51-53(47)59-52(46)50(30-44)55(9,10)48-14-13-15-49(54(48)59)56(51,11)12/h13-31,48,50-54H,1-12H3. The summed E-state index contributed by atoms with van der Waals surface area (Å²) in [5.41, 5.74) is 22.3. The Bertz CT molecular complexity index is 2450. The van der Waals surface area contributed by atoms with Crippen LogP contribution < -0.4 is 9.80 Å². The van der Waals surface area contributed by atoms with Gasteiger partial charge in [0.25, 0.3) is 0 Å². The monoisotopic (exact) mass is 775 g/mol. The van der Waals surface area contributed by atoms with Crippen LogP contribution in [0.2, 0.25) is 0 Å². The summed E-state index contributed by atoms with van der Waals surface area (Å²) in [6.07, 6.45) is 18.0. The van der Waals surface area contributed by atoms with Crippen molar-refractivity contribution in [2.45, 2.75) is 101 Å². The summed E-state index contributed by atoms with van der Waals surface area (Å²) in [5, 5.41) is 0. The second-order valence-electron chi connectivity index (χ2n) is 20.3. The second kappa shape index (κ2) is 13.2. The number of rotatable bonds is 6. The van der Waals surface area contributed by atoms with Crippen LogP contribution >= 0.6 is 0 Å². The predicted octanol–water partition coefficient (Wildman–Crippen LogP) is 13.6. The van der Waals surface area contributed by atoms with Crippen LogP contribution in [0.5, 0.6) is 0 Å². The van der Waals surface area contributed by atoms with E-state index in [4.69, 9.17) is 0 Å². The number of fused-ring (bicyclic) bond motifs is 1. The van der Waals surface area contributed by atoms with Crippen LogP contribution in [0.3, 0.4) is 0 Å². The molecule has 0 spiro atoms. The van der Waals surface area contributed by atoms with Crippen LogP contribution in [0, 0.1) is 84.0 Å². The Labute approximate surface area is 353 Å². The third-order valence-corrected chi connectivity index (χ3v) is 14.8. The maximum absolute atomic E-state index is 3.01. The number of aryl methyl sites for hydroxylation is 8. The van der Waals surface area contributed by atoms with Crippen LogP contribution in [0.25, 0.3) is 0 Å². The van der Waals surface area contributed by atoms with Crippen molar-refractivity contribution in [2.75, 3.05) is 9.80 Å². The Morgan fingerprint density at radius 3 is 1.19 bits per heavy atom. The van der Waals surface area contributed by atoms with Gasteiger partial charge < -0.3 is 9.80 Å². The van der Waals surface area contributed by atoms with Gasteiger partial charge in [-0.05, 0) is 188 Å². The molecule has 59 heavy (non-hydrogen) atoms. The van der Waals surface area contributed by atoms with Crippen LogP contribution in [-0.2, 0) is 0 Å². The maximum atomic E-state index is 3.01. The fourth-order valence-electron chi connectivity index (χ4n) is 12.6. The van der Waals surface area contributed by atoms with E-state index in [0.29, 0.717) is 35.9 Å². The summed E-state index contributed by atoms with van der Waals surface area (Å²) in [7, 11) is 0. The van der Waals surface area contributed by atoms with Crippen LogP contribution in [0.15, 0.2) is 143 Å². The normalized spacial score (nSPS) is 26.6. The molecule has 3 nitrogen and oxygen atoms in total. The summed E-state index contributed by atoms with van der Waals surface area (Å²) in [4.78, 5) is 8.16. The van der Waals surface area contributed by atoms with E-state index in [1.165, 1.54) is 89.8 Å².